The zero-order chi connectivity index (χ0) is 20.4. The summed E-state index contributed by atoms with van der Waals surface area (Å²) in [6, 6.07) is 0. The molecule has 1 saturated heterocycles. The highest BCUT2D eigenvalue weighted by Crippen LogP contribution is 2.34. The summed E-state index contributed by atoms with van der Waals surface area (Å²) in [5, 5.41) is 0. The van der Waals surface area contributed by atoms with E-state index in [1.165, 1.54) is 0 Å². The van der Waals surface area contributed by atoms with Crippen LogP contribution in [0.1, 0.15) is 73.6 Å². The molecule has 0 bridgehead atoms. The molecule has 164 valence electrons. The van der Waals surface area contributed by atoms with Gasteiger partial charge in [-0.1, -0.05) is 0 Å². The van der Waals surface area contributed by atoms with Crippen LogP contribution >= 0.6 is 0 Å². The molecule has 28 heavy (non-hydrogen) atoms. The fourth-order valence-electron chi connectivity index (χ4n) is 4.12. The fraction of sp³-hybridized carbons (Fsp3) is 1.00. The zero-order valence-electron chi connectivity index (χ0n) is 19.0. The molecule has 0 aromatic rings. The van der Waals surface area contributed by atoms with Gasteiger partial charge in [0.1, 0.15) is 0 Å². The van der Waals surface area contributed by atoms with Gasteiger partial charge >= 0.3 is 0 Å². The molecule has 3 fully saturated rings. The van der Waals surface area contributed by atoms with Crippen LogP contribution in [0.25, 0.3) is 0 Å². The summed E-state index contributed by atoms with van der Waals surface area (Å²) in [5.41, 5.74) is 0.234. The van der Waals surface area contributed by atoms with Crippen molar-refractivity contribution in [1.82, 2.24) is 4.90 Å². The minimum atomic E-state index is -0.0378. The van der Waals surface area contributed by atoms with Gasteiger partial charge in [0, 0.05) is 38.4 Å². The predicted octanol–water partition coefficient (Wildman–Crippen LogP) is 4.03. The van der Waals surface area contributed by atoms with Gasteiger partial charge in [0.2, 0.25) is 0 Å². The smallest absolute Gasteiger partial charge is 0.0829 e. The van der Waals surface area contributed by atoms with Gasteiger partial charge in [-0.05, 0) is 79.6 Å². The number of nitrogens with zero attached hydrogens (tertiary/aromatic N) is 1. The van der Waals surface area contributed by atoms with E-state index in [1.807, 2.05) is 0 Å². The highest BCUT2D eigenvalue weighted by Gasteiger charge is 2.36. The van der Waals surface area contributed by atoms with E-state index in [0.717, 1.165) is 65.0 Å². The Bertz CT molecular complexity index is 466. The zero-order valence-corrected chi connectivity index (χ0v) is 19.0. The van der Waals surface area contributed by atoms with E-state index in [9.17, 15) is 0 Å². The van der Waals surface area contributed by atoms with Gasteiger partial charge in [-0.25, -0.2) is 0 Å². The molecule has 0 radical (unpaired) electrons. The number of rotatable bonds is 10. The maximum absolute atomic E-state index is 6.04. The Hall–Kier alpha value is -0.200. The molecule has 3 rings (SSSR count). The van der Waals surface area contributed by atoms with Gasteiger partial charge in [-0.15, -0.1) is 0 Å². The normalized spacial score (nSPS) is 31.9. The first-order valence-electron chi connectivity index (χ1n) is 11.4. The third-order valence-electron chi connectivity index (χ3n) is 6.12. The molecule has 0 spiro atoms. The quantitative estimate of drug-likeness (QED) is 0.521. The molecular weight excluding hydrogens is 354 g/mol. The van der Waals surface area contributed by atoms with Crippen molar-refractivity contribution >= 4 is 0 Å². The monoisotopic (exact) mass is 397 g/mol. The number of ether oxygens (including phenoxy) is 4. The Labute approximate surface area is 172 Å². The summed E-state index contributed by atoms with van der Waals surface area (Å²) in [6.45, 7) is 17.8. The van der Waals surface area contributed by atoms with E-state index in [1.54, 1.807) is 0 Å². The molecule has 5 heteroatoms. The summed E-state index contributed by atoms with van der Waals surface area (Å²) >= 11 is 0. The van der Waals surface area contributed by atoms with Crippen LogP contribution in [0.4, 0.5) is 0 Å². The predicted molar refractivity (Wildman–Crippen MR) is 112 cm³/mol. The van der Waals surface area contributed by atoms with Crippen LogP contribution in [0.3, 0.4) is 0 Å². The minimum absolute atomic E-state index is 0.0378. The van der Waals surface area contributed by atoms with Crippen LogP contribution in [0.5, 0.6) is 0 Å². The highest BCUT2D eigenvalue weighted by molar-refractivity contribution is 4.89. The van der Waals surface area contributed by atoms with Crippen molar-refractivity contribution in [2.45, 2.75) is 109 Å². The molecule has 2 saturated carbocycles. The lowest BCUT2D eigenvalue weighted by molar-refractivity contribution is -0.159. The summed E-state index contributed by atoms with van der Waals surface area (Å²) in [5.74, 6) is 0.683. The summed E-state index contributed by atoms with van der Waals surface area (Å²) in [7, 11) is 0. The first-order chi connectivity index (χ1) is 13.1. The SMILES string of the molecule is CC(C)(C)OC1CC(OCC2CC(OCCCOC3CN(C(C)(C)C)C3)C2)C1. The van der Waals surface area contributed by atoms with Crippen LogP contribution in [-0.4, -0.2) is 73.4 Å². The van der Waals surface area contributed by atoms with Gasteiger partial charge in [-0.3, -0.25) is 4.90 Å². The topological polar surface area (TPSA) is 40.2 Å². The standard InChI is InChI=1S/C23H43NO4/c1-22(2,3)24-14-21(15-24)26-9-7-8-25-18-10-17(11-18)16-27-19-12-20(13-19)28-23(4,5)6/h17-21H,7-16H2,1-6H3. The third-order valence-corrected chi connectivity index (χ3v) is 6.12. The Morgan fingerprint density at radius 3 is 1.86 bits per heavy atom. The molecule has 0 atom stereocenters. The molecule has 1 aliphatic heterocycles. The molecule has 0 N–H and O–H groups in total. The minimum Gasteiger partial charge on any atom is -0.378 e. The molecule has 0 aromatic heterocycles. The molecule has 2 aliphatic carbocycles. The van der Waals surface area contributed by atoms with Gasteiger partial charge in [0.15, 0.2) is 0 Å². The van der Waals surface area contributed by atoms with Gasteiger partial charge < -0.3 is 18.9 Å². The van der Waals surface area contributed by atoms with Crippen molar-refractivity contribution in [1.29, 1.82) is 0 Å². The van der Waals surface area contributed by atoms with E-state index in [4.69, 9.17) is 18.9 Å². The van der Waals surface area contributed by atoms with E-state index >= 15 is 0 Å². The van der Waals surface area contributed by atoms with Crippen LogP contribution < -0.4 is 0 Å². The molecule has 1 heterocycles. The molecule has 5 nitrogen and oxygen atoms in total. The maximum Gasteiger partial charge on any atom is 0.0829 e. The van der Waals surface area contributed by atoms with Crippen molar-refractivity contribution < 1.29 is 18.9 Å². The van der Waals surface area contributed by atoms with E-state index in [0.29, 0.717) is 30.3 Å². The van der Waals surface area contributed by atoms with Crippen molar-refractivity contribution in [3.8, 4) is 0 Å². The van der Waals surface area contributed by atoms with Gasteiger partial charge in [0.05, 0.1) is 30.0 Å². The van der Waals surface area contributed by atoms with Crippen LogP contribution in [-0.2, 0) is 18.9 Å². The Kier molecular flexibility index (Phi) is 7.47. The summed E-state index contributed by atoms with van der Waals surface area (Å²) < 4.78 is 23.9. The van der Waals surface area contributed by atoms with Gasteiger partial charge in [-0.2, -0.15) is 0 Å². The maximum atomic E-state index is 6.04. The van der Waals surface area contributed by atoms with E-state index < -0.39 is 0 Å². The van der Waals surface area contributed by atoms with Gasteiger partial charge in [0.25, 0.3) is 0 Å². The highest BCUT2D eigenvalue weighted by atomic mass is 16.5. The average molecular weight is 398 g/mol. The largest absolute Gasteiger partial charge is 0.378 e. The van der Waals surface area contributed by atoms with Crippen molar-refractivity contribution in [3.63, 3.8) is 0 Å². The van der Waals surface area contributed by atoms with E-state index in [-0.39, 0.29) is 11.1 Å². The van der Waals surface area contributed by atoms with Crippen molar-refractivity contribution in [3.05, 3.63) is 0 Å². The molecular formula is C23H43NO4. The van der Waals surface area contributed by atoms with Crippen LogP contribution in [0, 0.1) is 5.92 Å². The second-order valence-corrected chi connectivity index (χ2v) is 11.0. The van der Waals surface area contributed by atoms with E-state index in [2.05, 4.69) is 46.4 Å². The van der Waals surface area contributed by atoms with Crippen LogP contribution in [0.15, 0.2) is 0 Å². The summed E-state index contributed by atoms with van der Waals surface area (Å²) in [4.78, 5) is 2.46. The Morgan fingerprint density at radius 2 is 1.29 bits per heavy atom. The number of likely N-dealkylation sites (tertiary alicyclic amines) is 1. The average Bonchev–Trinajstić information content (AvgIpc) is 2.43. The lowest BCUT2D eigenvalue weighted by atomic mass is 9.82. The second kappa shape index (κ2) is 9.30. The number of hydrogen-bond donors (Lipinski definition) is 0. The Morgan fingerprint density at radius 1 is 0.714 bits per heavy atom. The summed E-state index contributed by atoms with van der Waals surface area (Å²) in [6.07, 6.45) is 7.07. The fourth-order valence-corrected chi connectivity index (χ4v) is 4.12. The Balaban J connectivity index is 1.10. The lowest BCUT2D eigenvalue weighted by Crippen LogP contribution is -2.59. The molecule has 0 amide bonds. The third kappa shape index (κ3) is 6.94. The van der Waals surface area contributed by atoms with Crippen LogP contribution in [0.2, 0.25) is 0 Å². The first kappa shape index (κ1) is 22.5. The molecule has 0 unspecified atom stereocenters. The molecule has 0 aromatic carbocycles. The lowest BCUT2D eigenvalue weighted by Gasteiger charge is -2.47. The molecule has 3 aliphatic rings. The number of hydrogen-bond acceptors (Lipinski definition) is 5. The van der Waals surface area contributed by atoms with Crippen molar-refractivity contribution in [2.75, 3.05) is 32.9 Å². The van der Waals surface area contributed by atoms with Crippen molar-refractivity contribution in [2.24, 2.45) is 5.92 Å². The second-order valence-electron chi connectivity index (χ2n) is 11.0. The first-order valence-corrected chi connectivity index (χ1v) is 11.4.